The molecule has 1 fully saturated rings. The maximum Gasteiger partial charge on any atom is 0.145 e. The summed E-state index contributed by atoms with van der Waals surface area (Å²) in [5, 5.41) is 3.59. The van der Waals surface area contributed by atoms with Crippen LogP contribution in [0.2, 0.25) is 0 Å². The Morgan fingerprint density at radius 1 is 1.42 bits per heavy atom. The third-order valence-corrected chi connectivity index (χ3v) is 3.98. The standard InChI is InChI=1S/C20H25N5O/c1-3-5-16(9-11-26-2)12-18-8-10-25(20(18)23-15-21)19-7-4-6-17(13-19)14-24-22/h3-7,9,11-15,20H,1,8,10,22H2,2H3,(H2,21,23)/b11-9+,16-5+,18-12+,24-14-. The van der Waals surface area contributed by atoms with E-state index in [0.29, 0.717) is 0 Å². The van der Waals surface area contributed by atoms with Crippen LogP contribution in [0.5, 0.6) is 0 Å². The van der Waals surface area contributed by atoms with Crippen LogP contribution < -0.4 is 16.5 Å². The highest BCUT2D eigenvalue weighted by Crippen LogP contribution is 2.31. The number of nitrogens with zero attached hydrogens (tertiary/aromatic N) is 3. The smallest absolute Gasteiger partial charge is 0.145 e. The summed E-state index contributed by atoms with van der Waals surface area (Å²) in [4.78, 5) is 6.68. The summed E-state index contributed by atoms with van der Waals surface area (Å²) in [6, 6.07) is 8.00. The number of hydrazone groups is 1. The van der Waals surface area contributed by atoms with Gasteiger partial charge >= 0.3 is 0 Å². The summed E-state index contributed by atoms with van der Waals surface area (Å²) in [6.07, 6.45) is 13.0. The molecule has 0 amide bonds. The number of nitrogens with two attached hydrogens (primary N) is 2. The van der Waals surface area contributed by atoms with E-state index in [0.717, 1.165) is 29.8 Å². The van der Waals surface area contributed by atoms with Crippen molar-refractivity contribution in [2.24, 2.45) is 21.7 Å². The van der Waals surface area contributed by atoms with E-state index in [-0.39, 0.29) is 6.17 Å². The van der Waals surface area contributed by atoms with Gasteiger partial charge in [-0.05, 0) is 41.3 Å². The zero-order valence-electron chi connectivity index (χ0n) is 15.0. The molecule has 1 atom stereocenters. The average Bonchev–Trinajstić information content (AvgIpc) is 3.03. The molecule has 0 spiro atoms. The molecular weight excluding hydrogens is 326 g/mol. The highest BCUT2D eigenvalue weighted by Gasteiger charge is 2.28. The zero-order valence-corrected chi connectivity index (χ0v) is 15.0. The van der Waals surface area contributed by atoms with Crippen LogP contribution in [0.25, 0.3) is 0 Å². The van der Waals surface area contributed by atoms with Gasteiger partial charge in [0.15, 0.2) is 0 Å². The van der Waals surface area contributed by atoms with Gasteiger partial charge < -0.3 is 21.2 Å². The van der Waals surface area contributed by atoms with Crippen LogP contribution in [0.4, 0.5) is 5.69 Å². The molecule has 2 rings (SSSR count). The van der Waals surface area contributed by atoms with E-state index in [4.69, 9.17) is 16.3 Å². The summed E-state index contributed by atoms with van der Waals surface area (Å²) in [6.45, 7) is 4.60. The number of rotatable bonds is 7. The van der Waals surface area contributed by atoms with Crippen molar-refractivity contribution in [3.05, 3.63) is 78.1 Å². The van der Waals surface area contributed by atoms with E-state index in [1.165, 1.54) is 11.9 Å². The van der Waals surface area contributed by atoms with Crippen LogP contribution in [0, 0.1) is 0 Å². The van der Waals surface area contributed by atoms with Crippen molar-refractivity contribution in [1.29, 1.82) is 0 Å². The number of hydrogen-bond acceptors (Lipinski definition) is 5. The lowest BCUT2D eigenvalue weighted by atomic mass is 10.1. The Balaban J connectivity index is 2.36. The van der Waals surface area contributed by atoms with Gasteiger partial charge in [0.05, 0.1) is 25.9 Å². The predicted octanol–water partition coefficient (Wildman–Crippen LogP) is 2.70. The van der Waals surface area contributed by atoms with Gasteiger partial charge in [-0.1, -0.05) is 36.9 Å². The first-order valence-corrected chi connectivity index (χ1v) is 8.29. The van der Waals surface area contributed by atoms with Crippen LogP contribution in [0.3, 0.4) is 0 Å². The second-order valence-electron chi connectivity index (χ2n) is 5.65. The Labute approximate surface area is 154 Å². The Kier molecular flexibility index (Phi) is 7.24. The third-order valence-electron chi connectivity index (χ3n) is 3.98. The lowest BCUT2D eigenvalue weighted by molar-refractivity contribution is 0.338. The normalized spacial score (nSPS) is 20.0. The number of allylic oxidation sites excluding steroid dienone is 5. The van der Waals surface area contributed by atoms with E-state index < -0.39 is 0 Å². The number of anilines is 1. The molecular formula is C20H25N5O. The van der Waals surface area contributed by atoms with Crippen molar-refractivity contribution in [2.45, 2.75) is 12.6 Å². The maximum absolute atomic E-state index is 5.61. The molecule has 1 unspecified atom stereocenters. The van der Waals surface area contributed by atoms with E-state index in [9.17, 15) is 0 Å². The molecule has 0 radical (unpaired) electrons. The van der Waals surface area contributed by atoms with E-state index in [2.05, 4.69) is 27.6 Å². The second-order valence-corrected chi connectivity index (χ2v) is 5.65. The summed E-state index contributed by atoms with van der Waals surface area (Å²) in [5.41, 5.74) is 9.74. The van der Waals surface area contributed by atoms with Gasteiger partial charge in [-0.2, -0.15) is 5.10 Å². The second kappa shape index (κ2) is 9.88. The largest absolute Gasteiger partial charge is 0.504 e. The van der Waals surface area contributed by atoms with Gasteiger partial charge in [0, 0.05) is 12.2 Å². The minimum Gasteiger partial charge on any atom is -0.504 e. The Morgan fingerprint density at radius 2 is 2.27 bits per heavy atom. The van der Waals surface area contributed by atoms with Crippen LogP contribution in [0.15, 0.2) is 82.7 Å². The van der Waals surface area contributed by atoms with E-state index in [1.54, 1.807) is 25.7 Å². The quantitative estimate of drug-likeness (QED) is 0.197. The minimum absolute atomic E-state index is 0.158. The van der Waals surface area contributed by atoms with Crippen molar-refractivity contribution in [3.63, 3.8) is 0 Å². The van der Waals surface area contributed by atoms with E-state index in [1.807, 2.05) is 36.4 Å². The molecule has 1 heterocycles. The molecule has 1 aromatic rings. The number of hydrogen-bond donors (Lipinski definition) is 2. The highest BCUT2D eigenvalue weighted by atomic mass is 16.5. The van der Waals surface area contributed by atoms with Gasteiger partial charge in [0.25, 0.3) is 0 Å². The fourth-order valence-electron chi connectivity index (χ4n) is 2.89. The molecule has 4 N–H and O–H groups in total. The minimum atomic E-state index is -0.158. The first kappa shape index (κ1) is 19.1. The Bertz CT molecular complexity index is 761. The summed E-state index contributed by atoms with van der Waals surface area (Å²) in [7, 11) is 1.62. The number of benzene rings is 1. The Morgan fingerprint density at radius 3 is 2.96 bits per heavy atom. The SMILES string of the molecule is C=C/C=C(\C=C\OC)/C=C1\CCN(c2cccc(/C=N\N)c2)C1N=CN. The topological polar surface area (TPSA) is 89.2 Å². The molecule has 136 valence electrons. The molecule has 1 aromatic carbocycles. The number of methoxy groups -OCH3 is 1. The van der Waals surface area contributed by atoms with Crippen molar-refractivity contribution < 1.29 is 4.74 Å². The monoisotopic (exact) mass is 351 g/mol. The lowest BCUT2D eigenvalue weighted by Crippen LogP contribution is -2.29. The molecule has 0 aromatic heterocycles. The molecule has 0 aliphatic carbocycles. The van der Waals surface area contributed by atoms with Crippen LogP contribution in [0.1, 0.15) is 12.0 Å². The molecule has 26 heavy (non-hydrogen) atoms. The van der Waals surface area contributed by atoms with Crippen molar-refractivity contribution >= 4 is 18.2 Å². The molecule has 1 aliphatic heterocycles. The van der Waals surface area contributed by atoms with Gasteiger partial charge in [0.1, 0.15) is 6.17 Å². The van der Waals surface area contributed by atoms with Gasteiger partial charge in [-0.3, -0.25) is 0 Å². The van der Waals surface area contributed by atoms with Crippen LogP contribution >= 0.6 is 0 Å². The predicted molar refractivity (Wildman–Crippen MR) is 109 cm³/mol. The molecule has 1 aliphatic rings. The fraction of sp³-hybridized carbons (Fsp3) is 0.200. The highest BCUT2D eigenvalue weighted by molar-refractivity contribution is 5.81. The van der Waals surface area contributed by atoms with Crippen molar-refractivity contribution in [2.75, 3.05) is 18.6 Å². The van der Waals surface area contributed by atoms with Crippen LogP contribution in [-0.4, -0.2) is 32.4 Å². The van der Waals surface area contributed by atoms with Gasteiger partial charge in [-0.25, -0.2) is 4.99 Å². The maximum atomic E-state index is 5.61. The first-order chi connectivity index (χ1) is 12.7. The van der Waals surface area contributed by atoms with Gasteiger partial charge in [-0.15, -0.1) is 0 Å². The lowest BCUT2D eigenvalue weighted by Gasteiger charge is -2.24. The molecule has 0 bridgehead atoms. The summed E-state index contributed by atoms with van der Waals surface area (Å²) < 4.78 is 5.02. The van der Waals surface area contributed by atoms with Crippen molar-refractivity contribution in [1.82, 2.24) is 0 Å². The number of aliphatic imine (C=N–C) groups is 1. The van der Waals surface area contributed by atoms with Crippen LogP contribution in [-0.2, 0) is 4.74 Å². The zero-order chi connectivity index (χ0) is 18.8. The van der Waals surface area contributed by atoms with E-state index >= 15 is 0 Å². The molecule has 6 heteroatoms. The summed E-state index contributed by atoms with van der Waals surface area (Å²) in [5.74, 6) is 5.26. The molecule has 0 saturated carbocycles. The molecule has 6 nitrogen and oxygen atoms in total. The molecule has 1 saturated heterocycles. The van der Waals surface area contributed by atoms with Gasteiger partial charge in [0.2, 0.25) is 0 Å². The first-order valence-electron chi connectivity index (χ1n) is 8.29. The summed E-state index contributed by atoms with van der Waals surface area (Å²) >= 11 is 0. The Hall–Kier alpha value is -3.28. The van der Waals surface area contributed by atoms with Crippen molar-refractivity contribution in [3.8, 4) is 0 Å². The third kappa shape index (κ3) is 4.86. The number of ether oxygens (including phenoxy) is 1. The average molecular weight is 351 g/mol. The fourth-order valence-corrected chi connectivity index (χ4v) is 2.89.